The molecule has 0 amide bonds. The van der Waals surface area contributed by atoms with E-state index >= 15 is 0 Å². The first-order valence-electron chi connectivity index (χ1n) is 7.90. The standard InChI is InChI=1S/C18H21NO/c19-11-18(10-16-8-13-5-6-14(16)7-13)9-15-3-1-2-4-17(15)20-12-18/h1-4,13-14,16H,5-10,12H2. The second kappa shape index (κ2) is 4.52. The molecule has 2 nitrogen and oxygen atoms in total. The van der Waals surface area contributed by atoms with Gasteiger partial charge in [0.1, 0.15) is 12.4 Å². The van der Waals surface area contributed by atoms with E-state index in [4.69, 9.17) is 4.74 Å². The lowest BCUT2D eigenvalue weighted by molar-refractivity contribution is 0.124. The van der Waals surface area contributed by atoms with E-state index in [2.05, 4.69) is 12.1 Å². The maximum atomic E-state index is 9.77. The highest BCUT2D eigenvalue weighted by molar-refractivity contribution is 5.37. The molecule has 1 aromatic rings. The molecule has 1 heterocycles. The minimum Gasteiger partial charge on any atom is -0.492 e. The highest BCUT2D eigenvalue weighted by atomic mass is 16.5. The first-order chi connectivity index (χ1) is 9.78. The third-order valence-corrected chi connectivity index (χ3v) is 5.78. The minimum absolute atomic E-state index is 0.288. The summed E-state index contributed by atoms with van der Waals surface area (Å²) >= 11 is 0. The second-order valence-electron chi connectivity index (χ2n) is 7.10. The van der Waals surface area contributed by atoms with Gasteiger partial charge in [-0.15, -0.1) is 0 Å². The Morgan fingerprint density at radius 1 is 1.25 bits per heavy atom. The van der Waals surface area contributed by atoms with Crippen molar-refractivity contribution in [3.05, 3.63) is 29.8 Å². The fourth-order valence-electron chi connectivity index (χ4n) is 4.80. The monoisotopic (exact) mass is 267 g/mol. The van der Waals surface area contributed by atoms with Crippen LogP contribution in [0, 0.1) is 34.5 Å². The van der Waals surface area contributed by atoms with E-state index in [1.165, 1.54) is 31.2 Å². The third-order valence-electron chi connectivity index (χ3n) is 5.78. The number of nitrogens with zero attached hydrogens (tertiary/aromatic N) is 1. The number of benzene rings is 1. The summed E-state index contributed by atoms with van der Waals surface area (Å²) in [5.74, 6) is 3.59. The van der Waals surface area contributed by atoms with Crippen molar-refractivity contribution in [1.82, 2.24) is 0 Å². The van der Waals surface area contributed by atoms with Crippen LogP contribution >= 0.6 is 0 Å². The zero-order valence-corrected chi connectivity index (χ0v) is 11.8. The summed E-state index contributed by atoms with van der Waals surface area (Å²) in [5, 5.41) is 9.77. The molecule has 2 aliphatic carbocycles. The van der Waals surface area contributed by atoms with E-state index in [1.807, 2.05) is 18.2 Å². The topological polar surface area (TPSA) is 33.0 Å². The van der Waals surface area contributed by atoms with Gasteiger partial charge >= 0.3 is 0 Å². The fraction of sp³-hybridized carbons (Fsp3) is 0.611. The Balaban J connectivity index is 1.55. The van der Waals surface area contributed by atoms with Crippen molar-refractivity contribution in [1.29, 1.82) is 5.26 Å². The van der Waals surface area contributed by atoms with Gasteiger partial charge in [0.25, 0.3) is 0 Å². The number of hydrogen-bond donors (Lipinski definition) is 0. The average molecular weight is 267 g/mol. The quantitative estimate of drug-likeness (QED) is 0.812. The van der Waals surface area contributed by atoms with Gasteiger partial charge in [0, 0.05) is 0 Å². The third kappa shape index (κ3) is 1.92. The normalized spacial score (nSPS) is 38.0. The van der Waals surface area contributed by atoms with Crippen molar-refractivity contribution in [2.75, 3.05) is 6.61 Å². The maximum Gasteiger partial charge on any atom is 0.122 e. The Hall–Kier alpha value is -1.49. The molecule has 0 N–H and O–H groups in total. The molecule has 1 aromatic carbocycles. The minimum atomic E-state index is -0.288. The van der Waals surface area contributed by atoms with Gasteiger partial charge in [0.15, 0.2) is 0 Å². The first-order valence-corrected chi connectivity index (χ1v) is 7.90. The Labute approximate surface area is 120 Å². The molecular formula is C18H21NO. The summed E-state index contributed by atoms with van der Waals surface area (Å²) in [6.07, 6.45) is 7.51. The second-order valence-corrected chi connectivity index (χ2v) is 7.10. The maximum absolute atomic E-state index is 9.77. The van der Waals surface area contributed by atoms with E-state index < -0.39 is 0 Å². The molecule has 4 rings (SSSR count). The molecule has 20 heavy (non-hydrogen) atoms. The number of fused-ring (bicyclic) bond motifs is 3. The summed E-state index contributed by atoms with van der Waals surface area (Å²) in [4.78, 5) is 0. The van der Waals surface area contributed by atoms with Crippen LogP contribution in [-0.4, -0.2) is 6.61 Å². The molecule has 2 saturated carbocycles. The predicted molar refractivity (Wildman–Crippen MR) is 77.2 cm³/mol. The smallest absolute Gasteiger partial charge is 0.122 e. The molecular weight excluding hydrogens is 246 g/mol. The van der Waals surface area contributed by atoms with Gasteiger partial charge in [0.2, 0.25) is 0 Å². The van der Waals surface area contributed by atoms with Crippen LogP contribution in [0.5, 0.6) is 5.75 Å². The summed E-state index contributed by atoms with van der Waals surface area (Å²) in [6, 6.07) is 10.8. The van der Waals surface area contributed by atoms with Crippen LogP contribution < -0.4 is 4.74 Å². The van der Waals surface area contributed by atoms with Crippen LogP contribution in [-0.2, 0) is 6.42 Å². The molecule has 4 atom stereocenters. The predicted octanol–water partition coefficient (Wildman–Crippen LogP) is 3.96. The van der Waals surface area contributed by atoms with Gasteiger partial charge in [-0.25, -0.2) is 0 Å². The molecule has 2 fully saturated rings. The van der Waals surface area contributed by atoms with Crippen molar-refractivity contribution >= 4 is 0 Å². The molecule has 2 bridgehead atoms. The summed E-state index contributed by atoms with van der Waals surface area (Å²) < 4.78 is 5.90. The molecule has 3 aliphatic rings. The van der Waals surface area contributed by atoms with Crippen molar-refractivity contribution < 1.29 is 4.74 Å². The summed E-state index contributed by atoms with van der Waals surface area (Å²) in [7, 11) is 0. The summed E-state index contributed by atoms with van der Waals surface area (Å²) in [5.41, 5.74) is 0.923. The van der Waals surface area contributed by atoms with Crippen LogP contribution in [0.3, 0.4) is 0 Å². The number of rotatable bonds is 2. The highest BCUT2D eigenvalue weighted by Crippen LogP contribution is 2.53. The van der Waals surface area contributed by atoms with Crippen molar-refractivity contribution in [2.45, 2.75) is 38.5 Å². The van der Waals surface area contributed by atoms with Crippen LogP contribution in [0.15, 0.2) is 24.3 Å². The number of hydrogen-bond acceptors (Lipinski definition) is 2. The van der Waals surface area contributed by atoms with Gasteiger partial charge in [-0.2, -0.15) is 5.26 Å². The lowest BCUT2D eigenvalue weighted by Gasteiger charge is -2.36. The molecule has 0 saturated heterocycles. The Morgan fingerprint density at radius 3 is 2.90 bits per heavy atom. The summed E-state index contributed by atoms with van der Waals surface area (Å²) in [6.45, 7) is 0.578. The van der Waals surface area contributed by atoms with E-state index in [-0.39, 0.29) is 5.41 Å². The molecule has 4 unspecified atom stereocenters. The van der Waals surface area contributed by atoms with Gasteiger partial charge in [-0.05, 0) is 61.5 Å². The number of para-hydroxylation sites is 1. The number of nitriles is 1. The van der Waals surface area contributed by atoms with Gasteiger partial charge in [-0.3, -0.25) is 0 Å². The van der Waals surface area contributed by atoms with Crippen LogP contribution in [0.25, 0.3) is 0 Å². The van der Waals surface area contributed by atoms with Crippen molar-refractivity contribution in [2.24, 2.45) is 23.2 Å². The molecule has 104 valence electrons. The largest absolute Gasteiger partial charge is 0.492 e. The lowest BCUT2D eigenvalue weighted by Crippen LogP contribution is -2.36. The fourth-order valence-corrected chi connectivity index (χ4v) is 4.80. The van der Waals surface area contributed by atoms with Crippen LogP contribution in [0.1, 0.15) is 37.7 Å². The Morgan fingerprint density at radius 2 is 2.15 bits per heavy atom. The average Bonchev–Trinajstić information content (AvgIpc) is 3.09. The molecule has 1 aliphatic heterocycles. The van der Waals surface area contributed by atoms with Gasteiger partial charge < -0.3 is 4.74 Å². The van der Waals surface area contributed by atoms with Crippen molar-refractivity contribution in [3.63, 3.8) is 0 Å². The van der Waals surface area contributed by atoms with Crippen LogP contribution in [0.4, 0.5) is 0 Å². The van der Waals surface area contributed by atoms with E-state index in [0.717, 1.165) is 36.3 Å². The zero-order valence-electron chi connectivity index (χ0n) is 11.8. The van der Waals surface area contributed by atoms with E-state index in [9.17, 15) is 5.26 Å². The number of ether oxygens (including phenoxy) is 1. The molecule has 0 radical (unpaired) electrons. The van der Waals surface area contributed by atoms with Gasteiger partial charge in [-0.1, -0.05) is 24.6 Å². The highest BCUT2D eigenvalue weighted by Gasteiger charge is 2.45. The Bertz CT molecular complexity index is 561. The van der Waals surface area contributed by atoms with Crippen molar-refractivity contribution in [3.8, 4) is 11.8 Å². The van der Waals surface area contributed by atoms with E-state index in [0.29, 0.717) is 6.61 Å². The van der Waals surface area contributed by atoms with Crippen LogP contribution in [0.2, 0.25) is 0 Å². The van der Waals surface area contributed by atoms with Gasteiger partial charge in [0.05, 0.1) is 11.5 Å². The van der Waals surface area contributed by atoms with E-state index in [1.54, 1.807) is 0 Å². The zero-order chi connectivity index (χ0) is 13.6. The molecule has 2 heteroatoms. The SMILES string of the molecule is N#CC1(CC2CC3CCC2C3)COc2ccccc2C1. The Kier molecular flexibility index (Phi) is 2.77. The molecule has 0 spiro atoms. The first kappa shape index (κ1) is 12.3. The molecule has 0 aromatic heterocycles. The lowest BCUT2D eigenvalue weighted by atomic mass is 9.71.